The van der Waals surface area contributed by atoms with Gasteiger partial charge in [0.05, 0.1) is 12.6 Å². The zero-order valence-electron chi connectivity index (χ0n) is 7.96. The van der Waals surface area contributed by atoms with Crippen LogP contribution in [-0.2, 0) is 4.79 Å². The monoisotopic (exact) mass is 211 g/mol. The van der Waals surface area contributed by atoms with E-state index in [0.717, 1.165) is 6.42 Å². The number of hydrogen-bond acceptors (Lipinski definition) is 3. The SMILES string of the molecule is CCCC(O)CNCC(F)(F)C(=O)O. The fourth-order valence-corrected chi connectivity index (χ4v) is 0.907. The molecule has 0 aliphatic carbocycles. The molecule has 0 aromatic carbocycles. The molecular weight excluding hydrogens is 196 g/mol. The van der Waals surface area contributed by atoms with Gasteiger partial charge in [0, 0.05) is 6.54 Å². The molecule has 0 rings (SSSR count). The van der Waals surface area contributed by atoms with Crippen molar-refractivity contribution in [1.82, 2.24) is 5.32 Å². The van der Waals surface area contributed by atoms with Crippen molar-refractivity contribution in [3.63, 3.8) is 0 Å². The second kappa shape index (κ2) is 5.87. The number of carbonyl (C=O) groups is 1. The van der Waals surface area contributed by atoms with Crippen LogP contribution >= 0.6 is 0 Å². The third kappa shape index (κ3) is 5.08. The molecule has 0 saturated carbocycles. The summed E-state index contributed by atoms with van der Waals surface area (Å²) in [5, 5.41) is 19.4. The van der Waals surface area contributed by atoms with Gasteiger partial charge in [0.25, 0.3) is 0 Å². The fraction of sp³-hybridized carbons (Fsp3) is 0.875. The Kier molecular flexibility index (Phi) is 5.56. The minimum absolute atomic E-state index is 0.0172. The van der Waals surface area contributed by atoms with Gasteiger partial charge in [-0.15, -0.1) is 0 Å². The maximum absolute atomic E-state index is 12.4. The maximum Gasteiger partial charge on any atom is 0.375 e. The van der Waals surface area contributed by atoms with Crippen molar-refractivity contribution in [2.75, 3.05) is 13.1 Å². The van der Waals surface area contributed by atoms with Gasteiger partial charge < -0.3 is 15.5 Å². The van der Waals surface area contributed by atoms with Crippen molar-refractivity contribution < 1.29 is 23.8 Å². The van der Waals surface area contributed by atoms with Gasteiger partial charge in [0.15, 0.2) is 0 Å². The van der Waals surface area contributed by atoms with E-state index < -0.39 is 24.5 Å². The first-order valence-electron chi connectivity index (χ1n) is 4.40. The number of carboxylic acid groups (broad SMARTS) is 1. The predicted molar refractivity (Wildman–Crippen MR) is 46.4 cm³/mol. The molecule has 1 unspecified atom stereocenters. The molecule has 0 saturated heterocycles. The molecule has 0 heterocycles. The van der Waals surface area contributed by atoms with Gasteiger partial charge in [0.2, 0.25) is 0 Å². The van der Waals surface area contributed by atoms with Gasteiger partial charge in [-0.2, -0.15) is 8.78 Å². The van der Waals surface area contributed by atoms with Crippen LogP contribution in [-0.4, -0.2) is 41.3 Å². The number of hydrogen-bond donors (Lipinski definition) is 3. The maximum atomic E-state index is 12.4. The Balaban J connectivity index is 3.68. The van der Waals surface area contributed by atoms with Crippen molar-refractivity contribution in [2.45, 2.75) is 31.8 Å². The Hall–Kier alpha value is -0.750. The number of carboxylic acids is 1. The Labute approximate surface area is 80.9 Å². The van der Waals surface area contributed by atoms with Gasteiger partial charge in [-0.3, -0.25) is 0 Å². The van der Waals surface area contributed by atoms with Gasteiger partial charge >= 0.3 is 11.9 Å². The predicted octanol–water partition coefficient (Wildman–Crippen LogP) is 0.457. The lowest BCUT2D eigenvalue weighted by Gasteiger charge is -2.14. The Bertz CT molecular complexity index is 187. The first-order chi connectivity index (χ1) is 6.40. The summed E-state index contributed by atoms with van der Waals surface area (Å²) >= 11 is 0. The summed E-state index contributed by atoms with van der Waals surface area (Å²) in [6.45, 7) is 0.884. The number of aliphatic hydroxyl groups excluding tert-OH is 1. The zero-order chi connectivity index (χ0) is 11.2. The van der Waals surface area contributed by atoms with E-state index in [1.54, 1.807) is 0 Å². The zero-order valence-corrected chi connectivity index (χ0v) is 7.96. The number of aliphatic hydroxyl groups is 1. The van der Waals surface area contributed by atoms with Gasteiger partial charge in [-0.05, 0) is 6.42 Å². The van der Waals surface area contributed by atoms with Crippen LogP contribution in [0.3, 0.4) is 0 Å². The van der Waals surface area contributed by atoms with E-state index in [0.29, 0.717) is 6.42 Å². The van der Waals surface area contributed by atoms with Gasteiger partial charge in [0.1, 0.15) is 0 Å². The molecule has 0 amide bonds. The van der Waals surface area contributed by atoms with Crippen LogP contribution in [0.4, 0.5) is 8.78 Å². The van der Waals surface area contributed by atoms with E-state index in [4.69, 9.17) is 10.2 Å². The van der Waals surface area contributed by atoms with Crippen LogP contribution in [0.25, 0.3) is 0 Å². The van der Waals surface area contributed by atoms with Gasteiger partial charge in [-0.25, -0.2) is 4.79 Å². The van der Waals surface area contributed by atoms with Crippen LogP contribution in [0.5, 0.6) is 0 Å². The molecule has 0 aliphatic heterocycles. The minimum Gasteiger partial charge on any atom is -0.477 e. The molecule has 0 aromatic rings. The number of halogens is 2. The van der Waals surface area contributed by atoms with Crippen molar-refractivity contribution in [3.05, 3.63) is 0 Å². The summed E-state index contributed by atoms with van der Waals surface area (Å²) in [6.07, 6.45) is 0.550. The largest absolute Gasteiger partial charge is 0.477 e. The van der Waals surface area contributed by atoms with E-state index in [1.165, 1.54) is 0 Å². The summed E-state index contributed by atoms with van der Waals surface area (Å²) in [6, 6.07) is 0. The quantitative estimate of drug-likeness (QED) is 0.572. The molecule has 0 bridgehead atoms. The average Bonchev–Trinajstić information content (AvgIpc) is 2.04. The lowest BCUT2D eigenvalue weighted by Crippen LogP contribution is -2.42. The molecule has 0 spiro atoms. The standard InChI is InChI=1S/C8H15F2NO3/c1-2-3-6(12)4-11-5-8(9,10)7(13)14/h6,11-12H,2-5H2,1H3,(H,13,14). The molecule has 1 atom stereocenters. The van der Waals surface area contributed by atoms with Crippen molar-refractivity contribution in [3.8, 4) is 0 Å². The Morgan fingerprint density at radius 1 is 1.57 bits per heavy atom. The fourth-order valence-electron chi connectivity index (χ4n) is 0.907. The van der Waals surface area contributed by atoms with Crippen LogP contribution in [0.2, 0.25) is 0 Å². The third-order valence-electron chi connectivity index (χ3n) is 1.66. The topological polar surface area (TPSA) is 69.6 Å². The molecule has 84 valence electrons. The molecular formula is C8H15F2NO3. The normalized spacial score (nSPS) is 14.0. The van der Waals surface area contributed by atoms with Gasteiger partial charge in [-0.1, -0.05) is 13.3 Å². The summed E-state index contributed by atoms with van der Waals surface area (Å²) in [4.78, 5) is 9.97. The second-order valence-electron chi connectivity index (χ2n) is 3.08. The van der Waals surface area contributed by atoms with E-state index >= 15 is 0 Å². The summed E-state index contributed by atoms with van der Waals surface area (Å²) < 4.78 is 24.9. The highest BCUT2D eigenvalue weighted by Gasteiger charge is 2.38. The molecule has 0 fully saturated rings. The molecule has 0 aromatic heterocycles. The third-order valence-corrected chi connectivity index (χ3v) is 1.66. The molecule has 6 heteroatoms. The lowest BCUT2D eigenvalue weighted by atomic mass is 10.2. The molecule has 0 radical (unpaired) electrons. The van der Waals surface area contributed by atoms with Crippen LogP contribution in [0.15, 0.2) is 0 Å². The molecule has 14 heavy (non-hydrogen) atoms. The summed E-state index contributed by atoms with van der Waals surface area (Å²) in [7, 11) is 0. The summed E-state index contributed by atoms with van der Waals surface area (Å²) in [5.74, 6) is -5.93. The highest BCUT2D eigenvalue weighted by molar-refractivity contribution is 5.75. The molecule has 4 nitrogen and oxygen atoms in total. The highest BCUT2D eigenvalue weighted by Crippen LogP contribution is 2.11. The first-order valence-corrected chi connectivity index (χ1v) is 4.40. The van der Waals surface area contributed by atoms with E-state index in [-0.39, 0.29) is 6.54 Å². The minimum atomic E-state index is -3.77. The average molecular weight is 211 g/mol. The van der Waals surface area contributed by atoms with Crippen molar-refractivity contribution in [1.29, 1.82) is 0 Å². The van der Waals surface area contributed by atoms with Crippen LogP contribution < -0.4 is 5.32 Å². The van der Waals surface area contributed by atoms with E-state index in [9.17, 15) is 13.6 Å². The highest BCUT2D eigenvalue weighted by atomic mass is 19.3. The Morgan fingerprint density at radius 2 is 2.14 bits per heavy atom. The Morgan fingerprint density at radius 3 is 2.57 bits per heavy atom. The second-order valence-corrected chi connectivity index (χ2v) is 3.08. The molecule has 0 aliphatic rings. The smallest absolute Gasteiger partial charge is 0.375 e. The first kappa shape index (κ1) is 13.2. The lowest BCUT2D eigenvalue weighted by molar-refractivity contribution is -0.164. The van der Waals surface area contributed by atoms with Crippen molar-refractivity contribution >= 4 is 5.97 Å². The number of rotatable bonds is 7. The van der Waals surface area contributed by atoms with Crippen LogP contribution in [0, 0.1) is 0 Å². The van der Waals surface area contributed by atoms with Crippen LogP contribution in [0.1, 0.15) is 19.8 Å². The number of aliphatic carboxylic acids is 1. The van der Waals surface area contributed by atoms with E-state index in [1.807, 2.05) is 6.92 Å². The molecule has 3 N–H and O–H groups in total. The summed E-state index contributed by atoms with van der Waals surface area (Å²) in [5.41, 5.74) is 0. The number of nitrogens with one attached hydrogen (secondary N) is 1. The van der Waals surface area contributed by atoms with E-state index in [2.05, 4.69) is 5.32 Å². The number of alkyl halides is 2. The van der Waals surface area contributed by atoms with Crippen molar-refractivity contribution in [2.24, 2.45) is 0 Å².